The third kappa shape index (κ3) is 0.576. The molecule has 1 heteroatoms. The van der Waals surface area contributed by atoms with Crippen LogP contribution in [0.2, 0.25) is 0 Å². The first-order valence-electron chi connectivity index (χ1n) is 3.58. The SMILES string of the molecule is CN1CCC[C@@H]2C[C@@H]21. The lowest BCUT2D eigenvalue weighted by Crippen LogP contribution is -2.26. The van der Waals surface area contributed by atoms with E-state index in [-0.39, 0.29) is 0 Å². The van der Waals surface area contributed by atoms with E-state index in [1.54, 1.807) is 0 Å². The summed E-state index contributed by atoms with van der Waals surface area (Å²) in [5, 5.41) is 0. The van der Waals surface area contributed by atoms with Crippen LogP contribution >= 0.6 is 0 Å². The van der Waals surface area contributed by atoms with Crippen molar-refractivity contribution in [3.05, 3.63) is 0 Å². The lowest BCUT2D eigenvalue weighted by Gasteiger charge is -2.20. The Kier molecular flexibility index (Phi) is 0.884. The maximum atomic E-state index is 2.51. The third-order valence-corrected chi connectivity index (χ3v) is 2.54. The maximum absolute atomic E-state index is 2.51. The molecule has 1 nitrogen and oxygen atoms in total. The molecule has 2 rings (SSSR count). The van der Waals surface area contributed by atoms with Gasteiger partial charge in [0, 0.05) is 6.04 Å². The molecule has 0 aromatic heterocycles. The number of fused-ring (bicyclic) bond motifs is 1. The maximum Gasteiger partial charge on any atom is 0.0124 e. The van der Waals surface area contributed by atoms with Crippen molar-refractivity contribution in [2.24, 2.45) is 5.92 Å². The topological polar surface area (TPSA) is 3.24 Å². The van der Waals surface area contributed by atoms with Gasteiger partial charge >= 0.3 is 0 Å². The molecule has 0 unspecified atom stereocenters. The smallest absolute Gasteiger partial charge is 0.0124 e. The highest BCUT2D eigenvalue weighted by molar-refractivity contribution is 4.96. The minimum Gasteiger partial charge on any atom is -0.303 e. The van der Waals surface area contributed by atoms with E-state index in [4.69, 9.17) is 0 Å². The molecule has 0 aromatic carbocycles. The quantitative estimate of drug-likeness (QED) is 0.452. The van der Waals surface area contributed by atoms with Crippen LogP contribution in [0.5, 0.6) is 0 Å². The fraction of sp³-hybridized carbons (Fsp3) is 1.00. The van der Waals surface area contributed by atoms with E-state index in [0.717, 1.165) is 12.0 Å². The molecule has 8 heavy (non-hydrogen) atoms. The molecule has 0 radical (unpaired) electrons. The van der Waals surface area contributed by atoms with Crippen LogP contribution in [0.25, 0.3) is 0 Å². The highest BCUT2D eigenvalue weighted by Crippen LogP contribution is 2.41. The van der Waals surface area contributed by atoms with Crippen molar-refractivity contribution in [3.63, 3.8) is 0 Å². The van der Waals surface area contributed by atoms with Crippen LogP contribution in [0.3, 0.4) is 0 Å². The van der Waals surface area contributed by atoms with Crippen molar-refractivity contribution in [1.82, 2.24) is 4.90 Å². The van der Waals surface area contributed by atoms with E-state index >= 15 is 0 Å². The molecular weight excluding hydrogens is 98.1 g/mol. The lowest BCUT2D eigenvalue weighted by molar-refractivity contribution is 0.263. The molecule has 0 amide bonds. The molecule has 1 aliphatic heterocycles. The monoisotopic (exact) mass is 111 g/mol. The van der Waals surface area contributed by atoms with Crippen molar-refractivity contribution in [2.75, 3.05) is 13.6 Å². The highest BCUT2D eigenvalue weighted by atomic mass is 15.2. The summed E-state index contributed by atoms with van der Waals surface area (Å²) in [6.45, 7) is 1.35. The number of hydrogen-bond donors (Lipinski definition) is 0. The Morgan fingerprint density at radius 2 is 2.38 bits per heavy atom. The Bertz CT molecular complexity index is 101. The zero-order valence-electron chi connectivity index (χ0n) is 5.43. The number of rotatable bonds is 0. The van der Waals surface area contributed by atoms with E-state index in [0.29, 0.717) is 0 Å². The summed E-state index contributed by atoms with van der Waals surface area (Å²) < 4.78 is 0. The van der Waals surface area contributed by atoms with Crippen LogP contribution in [-0.2, 0) is 0 Å². The lowest BCUT2D eigenvalue weighted by atomic mass is 10.1. The molecule has 46 valence electrons. The Morgan fingerprint density at radius 1 is 1.50 bits per heavy atom. The van der Waals surface area contributed by atoms with Crippen LogP contribution in [0.4, 0.5) is 0 Å². The molecule has 0 N–H and O–H groups in total. The molecule has 2 aliphatic rings. The van der Waals surface area contributed by atoms with Crippen molar-refractivity contribution < 1.29 is 0 Å². The van der Waals surface area contributed by atoms with Gasteiger partial charge in [0.25, 0.3) is 0 Å². The average Bonchev–Trinajstić information content (AvgIpc) is 2.45. The van der Waals surface area contributed by atoms with Crippen molar-refractivity contribution >= 4 is 0 Å². The van der Waals surface area contributed by atoms with E-state index in [1.165, 1.54) is 25.8 Å². The van der Waals surface area contributed by atoms with E-state index in [1.807, 2.05) is 0 Å². The summed E-state index contributed by atoms with van der Waals surface area (Å²) in [5.74, 6) is 1.11. The van der Waals surface area contributed by atoms with Gasteiger partial charge in [-0.05, 0) is 38.8 Å². The number of nitrogens with zero attached hydrogens (tertiary/aromatic N) is 1. The molecule has 2 atom stereocenters. The Balaban J connectivity index is 1.99. The summed E-state index contributed by atoms with van der Waals surface area (Å²) in [5.41, 5.74) is 0. The van der Waals surface area contributed by atoms with Crippen molar-refractivity contribution in [1.29, 1.82) is 0 Å². The molecule has 1 aliphatic carbocycles. The zero-order valence-corrected chi connectivity index (χ0v) is 5.43. The van der Waals surface area contributed by atoms with Gasteiger partial charge in [-0.25, -0.2) is 0 Å². The molecule has 0 bridgehead atoms. The molecule has 1 saturated carbocycles. The van der Waals surface area contributed by atoms with Gasteiger partial charge in [-0.2, -0.15) is 0 Å². The largest absolute Gasteiger partial charge is 0.303 e. The predicted molar refractivity (Wildman–Crippen MR) is 33.8 cm³/mol. The van der Waals surface area contributed by atoms with Gasteiger partial charge in [-0.3, -0.25) is 0 Å². The minimum atomic E-state index is 1.00. The van der Waals surface area contributed by atoms with Gasteiger partial charge in [0.15, 0.2) is 0 Å². The highest BCUT2D eigenvalue weighted by Gasteiger charge is 2.41. The van der Waals surface area contributed by atoms with Gasteiger partial charge in [0.1, 0.15) is 0 Å². The zero-order chi connectivity index (χ0) is 5.56. The standard InChI is InChI=1S/C7H13N/c1-8-4-2-3-6-5-7(6)8/h6-7H,2-5H2,1H3/t6-,7+/m1/s1. The van der Waals surface area contributed by atoms with E-state index in [9.17, 15) is 0 Å². The van der Waals surface area contributed by atoms with Gasteiger partial charge in [0.2, 0.25) is 0 Å². The fourth-order valence-corrected chi connectivity index (χ4v) is 1.85. The Labute approximate surface area is 50.7 Å². The van der Waals surface area contributed by atoms with Crippen LogP contribution in [0.15, 0.2) is 0 Å². The predicted octanol–water partition coefficient (Wildman–Crippen LogP) is 1.10. The van der Waals surface area contributed by atoms with Crippen LogP contribution < -0.4 is 0 Å². The van der Waals surface area contributed by atoms with Crippen LogP contribution in [0.1, 0.15) is 19.3 Å². The van der Waals surface area contributed by atoms with Crippen LogP contribution in [0, 0.1) is 5.92 Å². The van der Waals surface area contributed by atoms with Crippen molar-refractivity contribution in [2.45, 2.75) is 25.3 Å². The van der Waals surface area contributed by atoms with E-state index in [2.05, 4.69) is 11.9 Å². The molecule has 0 aromatic rings. The van der Waals surface area contributed by atoms with Gasteiger partial charge in [-0.15, -0.1) is 0 Å². The first-order chi connectivity index (χ1) is 3.88. The molecule has 1 saturated heterocycles. The van der Waals surface area contributed by atoms with Gasteiger partial charge < -0.3 is 4.90 Å². The van der Waals surface area contributed by atoms with Crippen LogP contribution in [-0.4, -0.2) is 24.5 Å². The van der Waals surface area contributed by atoms with E-state index < -0.39 is 0 Å². The first kappa shape index (κ1) is 4.80. The Morgan fingerprint density at radius 3 is 3.00 bits per heavy atom. The van der Waals surface area contributed by atoms with Crippen molar-refractivity contribution in [3.8, 4) is 0 Å². The second-order valence-electron chi connectivity index (χ2n) is 3.19. The second-order valence-corrected chi connectivity index (χ2v) is 3.19. The number of hydrogen-bond acceptors (Lipinski definition) is 1. The summed E-state index contributed by atoms with van der Waals surface area (Å²) in [7, 11) is 2.25. The average molecular weight is 111 g/mol. The molecule has 2 fully saturated rings. The first-order valence-corrected chi connectivity index (χ1v) is 3.58. The second kappa shape index (κ2) is 1.47. The van der Waals surface area contributed by atoms with Gasteiger partial charge in [-0.1, -0.05) is 0 Å². The fourth-order valence-electron chi connectivity index (χ4n) is 1.85. The summed E-state index contributed by atoms with van der Waals surface area (Å²) in [6, 6.07) is 1.00. The Hall–Kier alpha value is -0.0400. The molecular formula is C7H13N. The minimum absolute atomic E-state index is 1.00. The number of likely N-dealkylation sites (tertiary alicyclic amines) is 1. The normalized spacial score (nSPS) is 46.1. The number of piperidine rings is 1. The summed E-state index contributed by atoms with van der Waals surface area (Å²) in [4.78, 5) is 2.51. The molecule has 1 heterocycles. The third-order valence-electron chi connectivity index (χ3n) is 2.54. The molecule has 0 spiro atoms. The summed E-state index contributed by atoms with van der Waals surface area (Å²) >= 11 is 0. The summed E-state index contributed by atoms with van der Waals surface area (Å²) in [6.07, 6.45) is 4.45. The van der Waals surface area contributed by atoms with Gasteiger partial charge in [0.05, 0.1) is 0 Å².